The molecule has 0 aliphatic heterocycles. The van der Waals surface area contributed by atoms with E-state index >= 15 is 0 Å². The Bertz CT molecular complexity index is 571. The van der Waals surface area contributed by atoms with Crippen LogP contribution in [0.5, 0.6) is 0 Å². The Labute approximate surface area is 94.6 Å². The number of carbonyl (C=O) groups is 1. The van der Waals surface area contributed by atoms with Gasteiger partial charge >= 0.3 is 5.69 Å². The average molecular weight is 236 g/mol. The second kappa shape index (κ2) is 4.04. The van der Waals surface area contributed by atoms with Gasteiger partial charge in [-0.25, -0.2) is 0 Å². The minimum Gasteiger partial charge on any atom is -0.304 e. The van der Waals surface area contributed by atoms with Crippen LogP contribution < -0.4 is 5.32 Å². The topological polar surface area (TPSA) is 119 Å². The van der Waals surface area contributed by atoms with Crippen LogP contribution in [0, 0.1) is 10.1 Å². The minimum atomic E-state index is -0.684. The van der Waals surface area contributed by atoms with E-state index in [-0.39, 0.29) is 11.4 Å². The number of hydrogen-bond acceptors (Lipinski definition) is 5. The predicted octanol–water partition coefficient (Wildman–Crippen LogP) is 0.304. The first-order chi connectivity index (χ1) is 8.08. The smallest absolute Gasteiger partial charge is 0.304 e. The van der Waals surface area contributed by atoms with Gasteiger partial charge in [0, 0.05) is 19.3 Å². The number of aromatic nitrogens is 4. The lowest BCUT2D eigenvalue weighted by molar-refractivity contribution is -0.385. The normalized spacial score (nSPS) is 10.2. The van der Waals surface area contributed by atoms with Crippen molar-refractivity contribution in [2.75, 3.05) is 5.32 Å². The molecule has 0 saturated carbocycles. The molecule has 9 heteroatoms. The van der Waals surface area contributed by atoms with Crippen molar-refractivity contribution in [1.82, 2.24) is 20.0 Å². The molecule has 0 saturated heterocycles. The van der Waals surface area contributed by atoms with Crippen molar-refractivity contribution in [3.05, 3.63) is 34.3 Å². The van der Waals surface area contributed by atoms with Crippen LogP contribution in [0.25, 0.3) is 0 Å². The van der Waals surface area contributed by atoms with E-state index in [1.165, 1.54) is 4.68 Å². The largest absolute Gasteiger partial charge is 0.319 e. The summed E-state index contributed by atoms with van der Waals surface area (Å²) in [7, 11) is 1.69. The quantitative estimate of drug-likeness (QED) is 0.586. The highest BCUT2D eigenvalue weighted by Gasteiger charge is 2.23. The standard InChI is InChI=1S/C8H8N6O3/c1-13-3-2-6(12-13)10-8(15)7-5(14(16)17)4-9-11-7/h2-4H,1H3,(H,9,11)(H,10,12,15). The van der Waals surface area contributed by atoms with E-state index in [2.05, 4.69) is 20.6 Å². The Morgan fingerprint density at radius 3 is 3.00 bits per heavy atom. The number of rotatable bonds is 3. The number of nitrogens with zero attached hydrogens (tertiary/aromatic N) is 4. The van der Waals surface area contributed by atoms with Crippen molar-refractivity contribution < 1.29 is 9.72 Å². The summed E-state index contributed by atoms with van der Waals surface area (Å²) in [5.41, 5.74) is -0.584. The van der Waals surface area contributed by atoms with Gasteiger partial charge in [0.1, 0.15) is 6.20 Å². The molecule has 1 amide bonds. The highest BCUT2D eigenvalue weighted by molar-refractivity contribution is 6.04. The van der Waals surface area contributed by atoms with Crippen LogP contribution >= 0.6 is 0 Å². The van der Waals surface area contributed by atoms with Crippen LogP contribution in [0.4, 0.5) is 11.5 Å². The van der Waals surface area contributed by atoms with E-state index in [1.807, 2.05) is 0 Å². The molecule has 0 unspecified atom stereocenters. The molecule has 0 aliphatic carbocycles. The highest BCUT2D eigenvalue weighted by atomic mass is 16.6. The fourth-order valence-electron chi connectivity index (χ4n) is 1.25. The van der Waals surface area contributed by atoms with E-state index < -0.39 is 10.8 Å². The number of nitro groups is 1. The first-order valence-electron chi connectivity index (χ1n) is 4.56. The number of carbonyl (C=O) groups excluding carboxylic acids is 1. The monoisotopic (exact) mass is 236 g/mol. The maximum absolute atomic E-state index is 11.7. The molecule has 88 valence electrons. The number of amides is 1. The predicted molar refractivity (Wildman–Crippen MR) is 56.4 cm³/mol. The van der Waals surface area contributed by atoms with Crippen molar-refractivity contribution in [1.29, 1.82) is 0 Å². The highest BCUT2D eigenvalue weighted by Crippen LogP contribution is 2.15. The van der Waals surface area contributed by atoms with Gasteiger partial charge in [-0.2, -0.15) is 10.2 Å². The molecule has 0 bridgehead atoms. The van der Waals surface area contributed by atoms with Crippen molar-refractivity contribution in [2.24, 2.45) is 7.05 Å². The Balaban J connectivity index is 2.20. The molecule has 2 heterocycles. The lowest BCUT2D eigenvalue weighted by atomic mass is 10.3. The summed E-state index contributed by atoms with van der Waals surface area (Å²) in [6, 6.07) is 1.57. The first kappa shape index (κ1) is 10.8. The van der Waals surface area contributed by atoms with E-state index in [1.54, 1.807) is 19.3 Å². The molecule has 2 rings (SSSR count). The number of aromatic amines is 1. The SMILES string of the molecule is Cn1ccc(NC(=O)c2[nH]ncc2[N+](=O)[O-])n1. The molecule has 0 atom stereocenters. The number of nitrogens with one attached hydrogen (secondary N) is 2. The van der Waals surface area contributed by atoms with Crippen LogP contribution in [0.1, 0.15) is 10.5 Å². The molecule has 0 aliphatic rings. The van der Waals surface area contributed by atoms with E-state index in [9.17, 15) is 14.9 Å². The molecule has 0 spiro atoms. The maximum Gasteiger partial charge on any atom is 0.319 e. The summed E-state index contributed by atoms with van der Waals surface area (Å²) in [5, 5.41) is 22.7. The summed E-state index contributed by atoms with van der Waals surface area (Å²) in [5.74, 6) is -0.353. The Kier molecular flexibility index (Phi) is 2.57. The van der Waals surface area contributed by atoms with E-state index in [0.29, 0.717) is 5.82 Å². The lowest BCUT2D eigenvalue weighted by Crippen LogP contribution is -2.14. The van der Waals surface area contributed by atoms with Crippen LogP contribution in [-0.4, -0.2) is 30.8 Å². The van der Waals surface area contributed by atoms with E-state index in [4.69, 9.17) is 0 Å². The van der Waals surface area contributed by atoms with Gasteiger partial charge in [-0.15, -0.1) is 0 Å². The van der Waals surface area contributed by atoms with Crippen molar-refractivity contribution in [3.63, 3.8) is 0 Å². The third-order valence-electron chi connectivity index (χ3n) is 2.00. The van der Waals surface area contributed by atoms with Crippen molar-refractivity contribution >= 4 is 17.4 Å². The zero-order chi connectivity index (χ0) is 12.4. The van der Waals surface area contributed by atoms with E-state index in [0.717, 1.165) is 6.20 Å². The first-order valence-corrected chi connectivity index (χ1v) is 4.56. The summed E-state index contributed by atoms with van der Waals surface area (Å²) >= 11 is 0. The molecular weight excluding hydrogens is 228 g/mol. The second-order valence-corrected chi connectivity index (χ2v) is 3.22. The molecule has 0 fully saturated rings. The summed E-state index contributed by atoms with van der Waals surface area (Å²) in [6.45, 7) is 0. The molecule has 9 nitrogen and oxygen atoms in total. The third-order valence-corrected chi connectivity index (χ3v) is 2.00. The van der Waals surface area contributed by atoms with Crippen LogP contribution in [0.3, 0.4) is 0 Å². The third kappa shape index (κ3) is 2.12. The fraction of sp³-hybridized carbons (Fsp3) is 0.125. The van der Waals surface area contributed by atoms with Gasteiger partial charge in [0.25, 0.3) is 5.91 Å². The molecule has 2 N–H and O–H groups in total. The van der Waals surface area contributed by atoms with Crippen molar-refractivity contribution in [3.8, 4) is 0 Å². The minimum absolute atomic E-state index is 0.208. The molecule has 0 radical (unpaired) electrons. The number of anilines is 1. The number of aryl methyl sites for hydroxylation is 1. The maximum atomic E-state index is 11.7. The molecule has 0 aromatic carbocycles. The second-order valence-electron chi connectivity index (χ2n) is 3.22. The number of hydrogen-bond donors (Lipinski definition) is 2. The average Bonchev–Trinajstić information content (AvgIpc) is 2.86. The van der Waals surface area contributed by atoms with Crippen LogP contribution in [0.15, 0.2) is 18.5 Å². The molecule has 2 aromatic rings. The zero-order valence-corrected chi connectivity index (χ0v) is 8.75. The van der Waals surface area contributed by atoms with Crippen LogP contribution in [0.2, 0.25) is 0 Å². The van der Waals surface area contributed by atoms with Gasteiger partial charge in [0.15, 0.2) is 5.82 Å². The molecular formula is C8H8N6O3. The van der Waals surface area contributed by atoms with Gasteiger partial charge < -0.3 is 5.32 Å². The zero-order valence-electron chi connectivity index (χ0n) is 8.75. The summed E-state index contributed by atoms with van der Waals surface area (Å²) < 4.78 is 1.50. The van der Waals surface area contributed by atoms with Gasteiger partial charge in [-0.05, 0) is 0 Å². The number of H-pyrrole nitrogens is 1. The van der Waals surface area contributed by atoms with Crippen LogP contribution in [-0.2, 0) is 7.05 Å². The van der Waals surface area contributed by atoms with Gasteiger partial charge in [0.05, 0.1) is 4.92 Å². The Hall–Kier alpha value is -2.71. The van der Waals surface area contributed by atoms with Gasteiger partial charge in [0.2, 0.25) is 5.69 Å². The van der Waals surface area contributed by atoms with Crippen molar-refractivity contribution in [2.45, 2.75) is 0 Å². The molecule has 2 aromatic heterocycles. The fourth-order valence-corrected chi connectivity index (χ4v) is 1.25. The molecule has 17 heavy (non-hydrogen) atoms. The summed E-state index contributed by atoms with van der Waals surface area (Å²) in [6.07, 6.45) is 2.62. The van der Waals surface area contributed by atoms with Gasteiger partial charge in [-0.1, -0.05) is 0 Å². The Morgan fingerprint density at radius 2 is 2.41 bits per heavy atom. The lowest BCUT2D eigenvalue weighted by Gasteiger charge is -1.98. The Morgan fingerprint density at radius 1 is 1.65 bits per heavy atom. The summed E-state index contributed by atoms with van der Waals surface area (Å²) in [4.78, 5) is 21.6. The van der Waals surface area contributed by atoms with Gasteiger partial charge in [-0.3, -0.25) is 24.7 Å².